The molecule has 0 atom stereocenters. The molecule has 0 aromatic heterocycles. The molecule has 1 amide bonds. The number of carbonyl (C=O) groups is 1. The van der Waals surface area contributed by atoms with E-state index in [0.717, 1.165) is 5.56 Å². The molecule has 5 heteroatoms. The number of benzene rings is 2. The van der Waals surface area contributed by atoms with Gasteiger partial charge in [0.2, 0.25) is 5.91 Å². The van der Waals surface area contributed by atoms with E-state index in [1.807, 2.05) is 31.2 Å². The fourth-order valence-corrected chi connectivity index (χ4v) is 2.12. The summed E-state index contributed by atoms with van der Waals surface area (Å²) in [6, 6.07) is 12.7. The van der Waals surface area contributed by atoms with Crippen molar-refractivity contribution in [3.63, 3.8) is 0 Å². The maximum absolute atomic E-state index is 11.9. The maximum Gasteiger partial charge on any atom is 0.274 e. The molecular weight excluding hydrogens is 280 g/mol. The van der Waals surface area contributed by atoms with Crippen LogP contribution in [0, 0.1) is 24.0 Å². The Balaban J connectivity index is 1.96. The molecule has 5 nitrogen and oxygen atoms in total. The number of nitrogens with one attached hydrogen (secondary N) is 1. The maximum atomic E-state index is 11.9. The van der Waals surface area contributed by atoms with Gasteiger partial charge >= 0.3 is 0 Å². The second-order valence-electron chi connectivity index (χ2n) is 5.29. The third-order valence-electron chi connectivity index (χ3n) is 3.45. The lowest BCUT2D eigenvalue weighted by atomic mass is 10.1. The highest BCUT2D eigenvalue weighted by Gasteiger charge is 2.12. The van der Waals surface area contributed by atoms with Gasteiger partial charge in [-0.3, -0.25) is 14.9 Å². The number of nitro benzene ring substituents is 1. The van der Waals surface area contributed by atoms with Crippen LogP contribution in [0.4, 0.5) is 11.4 Å². The van der Waals surface area contributed by atoms with E-state index in [4.69, 9.17) is 0 Å². The molecule has 0 fully saturated rings. The summed E-state index contributed by atoms with van der Waals surface area (Å²) in [6.45, 7) is 3.68. The van der Waals surface area contributed by atoms with Gasteiger partial charge in [0, 0.05) is 23.7 Å². The SMILES string of the molecule is Cc1ccc(CCC(=O)Nc2ccc(C)c([N+](=O)[O-])c2)cc1. The number of nitrogens with zero attached hydrogens (tertiary/aromatic N) is 1. The lowest BCUT2D eigenvalue weighted by Crippen LogP contribution is -2.12. The summed E-state index contributed by atoms with van der Waals surface area (Å²) in [5.41, 5.74) is 3.31. The van der Waals surface area contributed by atoms with E-state index in [9.17, 15) is 14.9 Å². The van der Waals surface area contributed by atoms with Gasteiger partial charge in [-0.1, -0.05) is 35.9 Å². The first-order chi connectivity index (χ1) is 10.5. The van der Waals surface area contributed by atoms with Gasteiger partial charge in [0.1, 0.15) is 0 Å². The van der Waals surface area contributed by atoms with Crippen LogP contribution in [-0.2, 0) is 11.2 Å². The highest BCUT2D eigenvalue weighted by Crippen LogP contribution is 2.22. The molecule has 0 spiro atoms. The Bertz CT molecular complexity index is 694. The largest absolute Gasteiger partial charge is 0.326 e. The van der Waals surface area contributed by atoms with Crippen LogP contribution in [0.25, 0.3) is 0 Å². The Morgan fingerprint density at radius 3 is 2.45 bits per heavy atom. The number of nitro groups is 1. The summed E-state index contributed by atoms with van der Waals surface area (Å²) in [5, 5.41) is 13.6. The summed E-state index contributed by atoms with van der Waals surface area (Å²) in [4.78, 5) is 22.4. The van der Waals surface area contributed by atoms with Crippen molar-refractivity contribution in [2.75, 3.05) is 5.32 Å². The van der Waals surface area contributed by atoms with Crippen molar-refractivity contribution in [3.8, 4) is 0 Å². The smallest absolute Gasteiger partial charge is 0.274 e. The number of aryl methyl sites for hydroxylation is 3. The Kier molecular flexibility index (Phi) is 4.88. The van der Waals surface area contributed by atoms with Crippen molar-refractivity contribution in [2.24, 2.45) is 0 Å². The molecule has 2 rings (SSSR count). The average molecular weight is 298 g/mol. The molecule has 2 aromatic carbocycles. The molecule has 0 saturated carbocycles. The van der Waals surface area contributed by atoms with Crippen molar-refractivity contribution < 1.29 is 9.72 Å². The van der Waals surface area contributed by atoms with E-state index in [1.54, 1.807) is 19.1 Å². The summed E-state index contributed by atoms with van der Waals surface area (Å²) >= 11 is 0. The van der Waals surface area contributed by atoms with E-state index in [1.165, 1.54) is 11.6 Å². The molecule has 0 aliphatic carbocycles. The Hall–Kier alpha value is -2.69. The second-order valence-corrected chi connectivity index (χ2v) is 5.29. The van der Waals surface area contributed by atoms with Gasteiger partial charge in [-0.25, -0.2) is 0 Å². The Morgan fingerprint density at radius 2 is 1.82 bits per heavy atom. The Labute approximate surface area is 129 Å². The number of carbonyl (C=O) groups excluding carboxylic acids is 1. The third-order valence-corrected chi connectivity index (χ3v) is 3.45. The van der Waals surface area contributed by atoms with Crippen molar-refractivity contribution in [1.29, 1.82) is 0 Å². The second kappa shape index (κ2) is 6.85. The minimum absolute atomic E-state index is 0.0105. The zero-order chi connectivity index (χ0) is 16.1. The van der Waals surface area contributed by atoms with Crippen LogP contribution in [0.1, 0.15) is 23.1 Å². The zero-order valence-corrected chi connectivity index (χ0v) is 12.6. The van der Waals surface area contributed by atoms with Gasteiger partial charge in [0.25, 0.3) is 5.69 Å². The molecule has 0 heterocycles. The summed E-state index contributed by atoms with van der Waals surface area (Å²) in [7, 11) is 0. The number of anilines is 1. The minimum atomic E-state index is -0.447. The summed E-state index contributed by atoms with van der Waals surface area (Å²) in [6.07, 6.45) is 0.977. The van der Waals surface area contributed by atoms with Gasteiger partial charge in [0.05, 0.1) is 4.92 Å². The number of rotatable bonds is 5. The standard InChI is InChI=1S/C17H18N2O3/c1-12-3-6-14(7-4-12)8-10-17(20)18-15-9-5-13(2)16(11-15)19(21)22/h3-7,9,11H,8,10H2,1-2H3,(H,18,20). The van der Waals surface area contributed by atoms with E-state index in [-0.39, 0.29) is 11.6 Å². The monoisotopic (exact) mass is 298 g/mol. The molecule has 114 valence electrons. The van der Waals surface area contributed by atoms with Crippen molar-refractivity contribution in [1.82, 2.24) is 0 Å². The fraction of sp³-hybridized carbons (Fsp3) is 0.235. The van der Waals surface area contributed by atoms with Crippen molar-refractivity contribution in [3.05, 3.63) is 69.3 Å². The predicted molar refractivity (Wildman–Crippen MR) is 86.0 cm³/mol. The van der Waals surface area contributed by atoms with Gasteiger partial charge in [0.15, 0.2) is 0 Å². The van der Waals surface area contributed by atoms with E-state index in [2.05, 4.69) is 5.32 Å². The number of hydrogen-bond donors (Lipinski definition) is 1. The number of hydrogen-bond acceptors (Lipinski definition) is 3. The van der Waals surface area contributed by atoms with Gasteiger partial charge in [-0.05, 0) is 31.9 Å². The minimum Gasteiger partial charge on any atom is -0.326 e. The average Bonchev–Trinajstić information content (AvgIpc) is 2.48. The molecule has 0 aliphatic heterocycles. The van der Waals surface area contributed by atoms with E-state index in [0.29, 0.717) is 24.1 Å². The first-order valence-electron chi connectivity index (χ1n) is 7.06. The molecule has 0 radical (unpaired) electrons. The first kappa shape index (κ1) is 15.7. The van der Waals surface area contributed by atoms with E-state index >= 15 is 0 Å². The molecule has 22 heavy (non-hydrogen) atoms. The molecular formula is C17H18N2O3. The van der Waals surface area contributed by atoms with Crippen LogP contribution >= 0.6 is 0 Å². The molecule has 2 aromatic rings. The lowest BCUT2D eigenvalue weighted by Gasteiger charge is -2.06. The molecule has 0 saturated heterocycles. The van der Waals surface area contributed by atoms with Crippen LogP contribution in [0.2, 0.25) is 0 Å². The van der Waals surface area contributed by atoms with Gasteiger partial charge in [-0.2, -0.15) is 0 Å². The quantitative estimate of drug-likeness (QED) is 0.674. The van der Waals surface area contributed by atoms with Gasteiger partial charge < -0.3 is 5.32 Å². The van der Waals surface area contributed by atoms with E-state index < -0.39 is 4.92 Å². The van der Waals surface area contributed by atoms with Crippen LogP contribution in [0.15, 0.2) is 42.5 Å². The van der Waals surface area contributed by atoms with Crippen molar-refractivity contribution in [2.45, 2.75) is 26.7 Å². The van der Waals surface area contributed by atoms with Crippen LogP contribution in [0.3, 0.4) is 0 Å². The van der Waals surface area contributed by atoms with Gasteiger partial charge in [-0.15, -0.1) is 0 Å². The molecule has 0 bridgehead atoms. The topological polar surface area (TPSA) is 72.2 Å². The number of amides is 1. The highest BCUT2D eigenvalue weighted by atomic mass is 16.6. The Morgan fingerprint density at radius 1 is 1.14 bits per heavy atom. The molecule has 0 unspecified atom stereocenters. The summed E-state index contributed by atoms with van der Waals surface area (Å²) < 4.78 is 0. The zero-order valence-electron chi connectivity index (χ0n) is 12.6. The fourth-order valence-electron chi connectivity index (χ4n) is 2.12. The molecule has 1 N–H and O–H groups in total. The predicted octanol–water partition coefficient (Wildman–Crippen LogP) is 3.78. The molecule has 0 aliphatic rings. The normalized spacial score (nSPS) is 10.3. The first-order valence-corrected chi connectivity index (χ1v) is 7.06. The summed E-state index contributed by atoms with van der Waals surface area (Å²) in [5.74, 6) is -0.154. The van der Waals surface area contributed by atoms with Crippen LogP contribution in [-0.4, -0.2) is 10.8 Å². The van der Waals surface area contributed by atoms with Crippen LogP contribution in [0.5, 0.6) is 0 Å². The van der Waals surface area contributed by atoms with Crippen molar-refractivity contribution >= 4 is 17.3 Å². The lowest BCUT2D eigenvalue weighted by molar-refractivity contribution is -0.385. The highest BCUT2D eigenvalue weighted by molar-refractivity contribution is 5.91. The van der Waals surface area contributed by atoms with Crippen LogP contribution < -0.4 is 5.32 Å². The third kappa shape index (κ3) is 4.15.